The lowest BCUT2D eigenvalue weighted by Gasteiger charge is -2.42. The Kier molecular flexibility index (Phi) is 4.79. The van der Waals surface area contributed by atoms with E-state index in [1.165, 1.54) is 0 Å². The molecule has 2 amide bonds. The molecule has 1 aromatic carbocycles. The topological polar surface area (TPSA) is 89.8 Å². The van der Waals surface area contributed by atoms with Gasteiger partial charge in [0.15, 0.2) is 5.60 Å². The van der Waals surface area contributed by atoms with Crippen LogP contribution < -0.4 is 0 Å². The summed E-state index contributed by atoms with van der Waals surface area (Å²) in [6.07, 6.45) is 0. The number of ether oxygens (including phenoxy) is 2. The lowest BCUT2D eigenvalue weighted by atomic mass is 10.0. The summed E-state index contributed by atoms with van der Waals surface area (Å²) < 4.78 is 12.7. The van der Waals surface area contributed by atoms with Crippen LogP contribution in [0.3, 0.4) is 0 Å². The second kappa shape index (κ2) is 7.24. The van der Waals surface area contributed by atoms with Crippen molar-refractivity contribution in [1.29, 1.82) is 0 Å². The number of carbonyl (C=O) groups excluding carboxylic acids is 2. The van der Waals surface area contributed by atoms with Crippen molar-refractivity contribution in [3.8, 4) is 0 Å². The predicted octanol–water partition coefficient (Wildman–Crippen LogP) is -0.0924. The molecule has 1 aromatic heterocycles. The van der Waals surface area contributed by atoms with E-state index in [4.69, 9.17) is 9.47 Å². The molecular formula is C18H23N5O4. The Morgan fingerprint density at radius 3 is 2.67 bits per heavy atom. The standard InChI is InChI=1S/C18H23N5O4/c1-18(17(25)21-6-9-26-10-7-21)13-22(8-11-27-18)16(24)12-23-15-5-3-2-4-14(15)19-20-23/h2-5H,6-13H2,1H3/t18-/m1/s1. The highest BCUT2D eigenvalue weighted by Crippen LogP contribution is 2.22. The average Bonchev–Trinajstić information content (AvgIpc) is 3.11. The lowest BCUT2D eigenvalue weighted by molar-refractivity contribution is -0.174. The third-order valence-electron chi connectivity index (χ3n) is 5.08. The molecule has 0 spiro atoms. The number of para-hydroxylation sites is 1. The van der Waals surface area contributed by atoms with Crippen molar-refractivity contribution < 1.29 is 19.1 Å². The van der Waals surface area contributed by atoms with Gasteiger partial charge in [-0.25, -0.2) is 4.68 Å². The first-order chi connectivity index (χ1) is 13.1. The summed E-state index contributed by atoms with van der Waals surface area (Å²) in [5.74, 6) is -0.190. The molecule has 9 heteroatoms. The zero-order chi connectivity index (χ0) is 18.9. The smallest absolute Gasteiger partial charge is 0.256 e. The van der Waals surface area contributed by atoms with E-state index in [0.29, 0.717) is 39.5 Å². The molecule has 0 aliphatic carbocycles. The van der Waals surface area contributed by atoms with Gasteiger partial charge in [-0.15, -0.1) is 5.10 Å². The number of amides is 2. The van der Waals surface area contributed by atoms with E-state index in [9.17, 15) is 9.59 Å². The Hall–Kier alpha value is -2.52. The number of hydrogen-bond acceptors (Lipinski definition) is 6. The van der Waals surface area contributed by atoms with Crippen LogP contribution in [-0.2, 0) is 25.6 Å². The molecule has 0 saturated carbocycles. The first-order valence-corrected chi connectivity index (χ1v) is 9.14. The van der Waals surface area contributed by atoms with Crippen LogP contribution in [-0.4, -0.2) is 88.2 Å². The van der Waals surface area contributed by atoms with Crippen LogP contribution in [0.15, 0.2) is 24.3 Å². The maximum atomic E-state index is 12.9. The quantitative estimate of drug-likeness (QED) is 0.747. The summed E-state index contributed by atoms with van der Waals surface area (Å²) in [5, 5.41) is 8.15. The SMILES string of the molecule is C[C@]1(C(=O)N2CCOCC2)CN(C(=O)Cn2nnc3ccccc32)CCO1. The van der Waals surface area contributed by atoms with Crippen LogP contribution in [0.4, 0.5) is 0 Å². The maximum absolute atomic E-state index is 12.9. The Morgan fingerprint density at radius 1 is 1.11 bits per heavy atom. The number of carbonyl (C=O) groups is 2. The van der Waals surface area contributed by atoms with E-state index >= 15 is 0 Å². The Bertz CT molecular complexity index is 847. The van der Waals surface area contributed by atoms with E-state index in [1.54, 1.807) is 21.4 Å². The zero-order valence-electron chi connectivity index (χ0n) is 15.3. The molecule has 2 saturated heterocycles. The fourth-order valence-electron chi connectivity index (χ4n) is 3.58. The molecule has 9 nitrogen and oxygen atoms in total. The monoisotopic (exact) mass is 373 g/mol. The third kappa shape index (κ3) is 3.52. The second-order valence-electron chi connectivity index (χ2n) is 7.03. The van der Waals surface area contributed by atoms with Crippen LogP contribution >= 0.6 is 0 Å². The minimum absolute atomic E-state index is 0.0857. The van der Waals surface area contributed by atoms with Gasteiger partial charge in [0.1, 0.15) is 12.1 Å². The van der Waals surface area contributed by atoms with Crippen LogP contribution in [0.5, 0.6) is 0 Å². The van der Waals surface area contributed by atoms with Crippen molar-refractivity contribution in [2.24, 2.45) is 0 Å². The predicted molar refractivity (Wildman–Crippen MR) is 95.9 cm³/mol. The van der Waals surface area contributed by atoms with Crippen molar-refractivity contribution in [1.82, 2.24) is 24.8 Å². The van der Waals surface area contributed by atoms with E-state index in [2.05, 4.69) is 10.3 Å². The number of hydrogen-bond donors (Lipinski definition) is 0. The molecule has 0 N–H and O–H groups in total. The average molecular weight is 373 g/mol. The molecule has 2 aromatic rings. The van der Waals surface area contributed by atoms with Crippen molar-refractivity contribution in [2.75, 3.05) is 46.0 Å². The van der Waals surface area contributed by atoms with Gasteiger partial charge in [0.25, 0.3) is 5.91 Å². The van der Waals surface area contributed by atoms with E-state index < -0.39 is 5.60 Å². The minimum atomic E-state index is -1.03. The van der Waals surface area contributed by atoms with Crippen molar-refractivity contribution in [3.63, 3.8) is 0 Å². The third-order valence-corrected chi connectivity index (χ3v) is 5.08. The Morgan fingerprint density at radius 2 is 1.85 bits per heavy atom. The molecule has 27 heavy (non-hydrogen) atoms. The van der Waals surface area contributed by atoms with E-state index in [1.807, 2.05) is 24.3 Å². The molecule has 1 atom stereocenters. The summed E-state index contributed by atoms with van der Waals surface area (Å²) in [6, 6.07) is 7.51. The molecule has 2 aliphatic rings. The van der Waals surface area contributed by atoms with Crippen molar-refractivity contribution >= 4 is 22.8 Å². The molecule has 0 unspecified atom stereocenters. The number of rotatable bonds is 3. The second-order valence-corrected chi connectivity index (χ2v) is 7.03. The lowest BCUT2D eigenvalue weighted by Crippen LogP contribution is -2.61. The summed E-state index contributed by atoms with van der Waals surface area (Å²) in [5.41, 5.74) is 0.529. The highest BCUT2D eigenvalue weighted by atomic mass is 16.5. The van der Waals surface area contributed by atoms with E-state index in [-0.39, 0.29) is 24.9 Å². The van der Waals surface area contributed by atoms with E-state index in [0.717, 1.165) is 11.0 Å². The summed E-state index contributed by atoms with van der Waals surface area (Å²) in [6.45, 7) is 5.03. The highest BCUT2D eigenvalue weighted by molar-refractivity contribution is 5.87. The zero-order valence-corrected chi connectivity index (χ0v) is 15.3. The van der Waals surface area contributed by atoms with Crippen LogP contribution in [0.1, 0.15) is 6.92 Å². The van der Waals surface area contributed by atoms with Gasteiger partial charge < -0.3 is 19.3 Å². The number of aromatic nitrogens is 3. The molecule has 2 aliphatic heterocycles. The summed E-state index contributed by atoms with van der Waals surface area (Å²) >= 11 is 0. The largest absolute Gasteiger partial charge is 0.378 e. The van der Waals surface area contributed by atoms with Gasteiger partial charge >= 0.3 is 0 Å². The molecule has 144 valence electrons. The van der Waals surface area contributed by atoms with Crippen molar-refractivity contribution in [2.45, 2.75) is 19.1 Å². The van der Waals surface area contributed by atoms with Crippen LogP contribution in [0.2, 0.25) is 0 Å². The maximum Gasteiger partial charge on any atom is 0.256 e. The molecule has 4 rings (SSSR count). The Labute approximate surface area is 156 Å². The molecule has 0 bridgehead atoms. The van der Waals surface area contributed by atoms with Gasteiger partial charge in [0, 0.05) is 19.6 Å². The van der Waals surface area contributed by atoms with Gasteiger partial charge in [-0.3, -0.25) is 9.59 Å². The first-order valence-electron chi connectivity index (χ1n) is 9.14. The highest BCUT2D eigenvalue weighted by Gasteiger charge is 2.43. The minimum Gasteiger partial charge on any atom is -0.378 e. The number of nitrogens with zero attached hydrogens (tertiary/aromatic N) is 5. The fourth-order valence-corrected chi connectivity index (χ4v) is 3.58. The summed E-state index contributed by atoms with van der Waals surface area (Å²) in [7, 11) is 0. The van der Waals surface area contributed by atoms with Gasteiger partial charge in [-0.2, -0.15) is 0 Å². The van der Waals surface area contributed by atoms with Crippen molar-refractivity contribution in [3.05, 3.63) is 24.3 Å². The fraction of sp³-hybridized carbons (Fsp3) is 0.556. The first kappa shape index (κ1) is 17.9. The van der Waals surface area contributed by atoms with Crippen LogP contribution in [0.25, 0.3) is 11.0 Å². The molecule has 3 heterocycles. The Balaban J connectivity index is 1.45. The number of morpholine rings is 2. The van der Waals surface area contributed by atoms with Gasteiger partial charge in [0.05, 0.1) is 31.9 Å². The molecule has 2 fully saturated rings. The van der Waals surface area contributed by atoms with Gasteiger partial charge in [-0.1, -0.05) is 17.3 Å². The van der Waals surface area contributed by atoms with Gasteiger partial charge in [0.2, 0.25) is 5.91 Å². The van der Waals surface area contributed by atoms with Crippen LogP contribution in [0, 0.1) is 0 Å². The summed E-state index contributed by atoms with van der Waals surface area (Å²) in [4.78, 5) is 29.2. The molecule has 0 radical (unpaired) electrons. The van der Waals surface area contributed by atoms with Gasteiger partial charge in [-0.05, 0) is 19.1 Å². The molecular weight excluding hydrogens is 350 g/mol. The number of fused-ring (bicyclic) bond motifs is 1. The normalized spacial score (nSPS) is 23.6. The number of benzene rings is 1.